The van der Waals surface area contributed by atoms with Crippen LogP contribution in [-0.4, -0.2) is 26.2 Å². The van der Waals surface area contributed by atoms with Gasteiger partial charge in [0, 0.05) is 18.3 Å². The van der Waals surface area contributed by atoms with Gasteiger partial charge in [-0.05, 0) is 19.9 Å². The number of phosphoric ester groups is 1. The van der Waals surface area contributed by atoms with Crippen LogP contribution in [0.1, 0.15) is 25.5 Å². The minimum Gasteiger partial charge on any atom is -0.313 e. The zero-order chi connectivity index (χ0) is 14.8. The molecule has 1 heterocycles. The van der Waals surface area contributed by atoms with Gasteiger partial charge in [0.1, 0.15) is 0 Å². The highest BCUT2D eigenvalue weighted by atomic mass is 31.2. The first-order valence-corrected chi connectivity index (χ1v) is 7.92. The third kappa shape index (κ3) is 2.79. The summed E-state index contributed by atoms with van der Waals surface area (Å²) < 4.78 is 27.9. The summed E-state index contributed by atoms with van der Waals surface area (Å²) in [7, 11) is -2.09. The summed E-state index contributed by atoms with van der Waals surface area (Å²) in [6.07, 6.45) is -0.958. The number of anilines is 1. The van der Waals surface area contributed by atoms with E-state index in [4.69, 9.17) is 13.6 Å². The molecule has 0 aromatic heterocycles. The molecular formula is C13H18NO5P. The number of benzene rings is 1. The maximum absolute atomic E-state index is 12.4. The van der Waals surface area contributed by atoms with Gasteiger partial charge in [-0.3, -0.25) is 18.4 Å². The second-order valence-electron chi connectivity index (χ2n) is 4.22. The van der Waals surface area contributed by atoms with Gasteiger partial charge in [-0.15, -0.1) is 0 Å². The molecule has 110 valence electrons. The molecule has 0 radical (unpaired) electrons. The van der Waals surface area contributed by atoms with Crippen LogP contribution < -0.4 is 4.90 Å². The predicted octanol–water partition coefficient (Wildman–Crippen LogP) is 2.90. The normalized spacial score (nSPS) is 18.4. The van der Waals surface area contributed by atoms with Crippen molar-refractivity contribution >= 4 is 19.4 Å². The molecule has 2 rings (SSSR count). The first-order valence-electron chi connectivity index (χ1n) is 6.46. The number of rotatable bonds is 6. The number of nitrogens with zero attached hydrogens (tertiary/aromatic N) is 1. The molecule has 7 heteroatoms. The fourth-order valence-electron chi connectivity index (χ4n) is 2.09. The lowest BCUT2D eigenvalue weighted by atomic mass is 10.1. The Morgan fingerprint density at radius 2 is 1.80 bits per heavy atom. The minimum absolute atomic E-state index is 0.176. The largest absolute Gasteiger partial charge is 0.475 e. The minimum atomic E-state index is -3.74. The third-order valence-electron chi connectivity index (χ3n) is 2.94. The second kappa shape index (κ2) is 6.06. The van der Waals surface area contributed by atoms with Gasteiger partial charge in [0.05, 0.1) is 13.2 Å². The quantitative estimate of drug-likeness (QED) is 0.756. The Balaban J connectivity index is 2.29. The molecule has 0 fully saturated rings. The highest BCUT2D eigenvalue weighted by Crippen LogP contribution is 2.55. The molecule has 1 atom stereocenters. The number of amides is 1. The number of carbonyl (C=O) groups excluding carboxylic acids is 1. The monoisotopic (exact) mass is 299 g/mol. The van der Waals surface area contributed by atoms with Gasteiger partial charge in [-0.25, -0.2) is 4.57 Å². The fourth-order valence-corrected chi connectivity index (χ4v) is 3.38. The Morgan fingerprint density at radius 1 is 1.20 bits per heavy atom. The van der Waals surface area contributed by atoms with Crippen molar-refractivity contribution in [2.45, 2.75) is 20.0 Å². The van der Waals surface area contributed by atoms with E-state index >= 15 is 0 Å². The summed E-state index contributed by atoms with van der Waals surface area (Å²) in [6.45, 7) is 3.72. The number of carbonyl (C=O) groups is 1. The molecule has 1 unspecified atom stereocenters. The van der Waals surface area contributed by atoms with Crippen molar-refractivity contribution in [3.8, 4) is 0 Å². The van der Waals surface area contributed by atoms with E-state index in [1.807, 2.05) is 12.1 Å². The van der Waals surface area contributed by atoms with Gasteiger partial charge in [-0.1, -0.05) is 18.2 Å². The van der Waals surface area contributed by atoms with Gasteiger partial charge in [0.2, 0.25) is 0 Å². The van der Waals surface area contributed by atoms with E-state index in [0.29, 0.717) is 5.56 Å². The molecule has 1 aromatic rings. The summed E-state index contributed by atoms with van der Waals surface area (Å²) in [6, 6.07) is 7.20. The average molecular weight is 299 g/mol. The summed E-state index contributed by atoms with van der Waals surface area (Å²) in [4.78, 5) is 13.7. The fraction of sp³-hybridized carbons (Fsp3) is 0.462. The number of phosphoric acid groups is 1. The van der Waals surface area contributed by atoms with Crippen LogP contribution in [0.4, 0.5) is 5.69 Å². The van der Waals surface area contributed by atoms with Crippen LogP contribution in [0.25, 0.3) is 0 Å². The van der Waals surface area contributed by atoms with Crippen LogP contribution in [0, 0.1) is 0 Å². The standard InChI is InChI=1S/C13H18NO5P/c1-4-17-20(16,18-5-2)19-12-10-8-6-7-9-11(10)14(3)13(12)15/h6-9,12H,4-5H2,1-3H3. The van der Waals surface area contributed by atoms with Crippen molar-refractivity contribution in [2.75, 3.05) is 25.2 Å². The van der Waals surface area contributed by atoms with Crippen LogP contribution in [0.2, 0.25) is 0 Å². The lowest BCUT2D eigenvalue weighted by molar-refractivity contribution is -0.125. The number of hydrogen-bond acceptors (Lipinski definition) is 5. The molecule has 0 spiro atoms. The number of para-hydroxylation sites is 1. The Hall–Kier alpha value is -1.20. The summed E-state index contributed by atoms with van der Waals surface area (Å²) in [5, 5.41) is 0. The molecule has 0 bridgehead atoms. The molecule has 0 saturated carbocycles. The highest BCUT2D eigenvalue weighted by molar-refractivity contribution is 7.48. The first kappa shape index (κ1) is 15.2. The van der Waals surface area contributed by atoms with E-state index in [2.05, 4.69) is 0 Å². The van der Waals surface area contributed by atoms with Crippen molar-refractivity contribution in [2.24, 2.45) is 0 Å². The van der Waals surface area contributed by atoms with Crippen LogP contribution in [-0.2, 0) is 22.9 Å². The van der Waals surface area contributed by atoms with E-state index in [-0.39, 0.29) is 19.1 Å². The van der Waals surface area contributed by atoms with Crippen LogP contribution in [0.15, 0.2) is 24.3 Å². The molecule has 0 N–H and O–H groups in total. The zero-order valence-corrected chi connectivity index (χ0v) is 12.6. The smallest absolute Gasteiger partial charge is 0.313 e. The number of hydrogen-bond donors (Lipinski definition) is 0. The van der Waals surface area contributed by atoms with E-state index in [0.717, 1.165) is 5.69 Å². The summed E-state index contributed by atoms with van der Waals surface area (Å²) in [5.74, 6) is -0.286. The molecule has 6 nitrogen and oxygen atoms in total. The maximum Gasteiger partial charge on any atom is 0.475 e. The lowest BCUT2D eigenvalue weighted by Gasteiger charge is -2.20. The van der Waals surface area contributed by atoms with Crippen LogP contribution in [0.3, 0.4) is 0 Å². The van der Waals surface area contributed by atoms with Crippen molar-refractivity contribution in [1.82, 2.24) is 0 Å². The van der Waals surface area contributed by atoms with Crippen molar-refractivity contribution in [3.63, 3.8) is 0 Å². The van der Waals surface area contributed by atoms with E-state index < -0.39 is 13.9 Å². The van der Waals surface area contributed by atoms with Gasteiger partial charge < -0.3 is 4.90 Å². The van der Waals surface area contributed by atoms with Gasteiger partial charge in [0.15, 0.2) is 6.10 Å². The third-order valence-corrected chi connectivity index (χ3v) is 4.56. The highest BCUT2D eigenvalue weighted by Gasteiger charge is 2.42. The Kier molecular flexibility index (Phi) is 4.60. The predicted molar refractivity (Wildman–Crippen MR) is 74.5 cm³/mol. The molecule has 0 aliphatic carbocycles. The summed E-state index contributed by atoms with van der Waals surface area (Å²) >= 11 is 0. The molecule has 1 aliphatic heterocycles. The average Bonchev–Trinajstić information content (AvgIpc) is 2.65. The SMILES string of the molecule is CCOP(=O)(OCC)OC1C(=O)N(C)c2ccccc21. The topological polar surface area (TPSA) is 65.1 Å². The van der Waals surface area contributed by atoms with Crippen LogP contribution >= 0.6 is 7.82 Å². The van der Waals surface area contributed by atoms with E-state index in [1.165, 1.54) is 4.90 Å². The Bertz CT molecular complexity index is 537. The van der Waals surface area contributed by atoms with Crippen molar-refractivity contribution in [3.05, 3.63) is 29.8 Å². The first-order chi connectivity index (χ1) is 9.52. The van der Waals surface area contributed by atoms with Gasteiger partial charge in [-0.2, -0.15) is 0 Å². The van der Waals surface area contributed by atoms with E-state index in [9.17, 15) is 9.36 Å². The number of fused-ring (bicyclic) bond motifs is 1. The molecule has 1 aromatic carbocycles. The Labute approximate surface area is 118 Å². The van der Waals surface area contributed by atoms with E-state index in [1.54, 1.807) is 33.0 Å². The molecule has 20 heavy (non-hydrogen) atoms. The van der Waals surface area contributed by atoms with Crippen molar-refractivity contribution in [1.29, 1.82) is 0 Å². The molecule has 1 aliphatic rings. The second-order valence-corrected chi connectivity index (χ2v) is 5.85. The maximum atomic E-state index is 12.4. The zero-order valence-electron chi connectivity index (χ0n) is 11.7. The van der Waals surface area contributed by atoms with Gasteiger partial charge >= 0.3 is 7.82 Å². The molecule has 0 saturated heterocycles. The Morgan fingerprint density at radius 3 is 2.40 bits per heavy atom. The summed E-state index contributed by atoms with van der Waals surface area (Å²) in [5.41, 5.74) is 1.40. The van der Waals surface area contributed by atoms with Gasteiger partial charge in [0.25, 0.3) is 5.91 Å². The number of likely N-dealkylation sites (N-methyl/N-ethyl adjacent to an activating group) is 1. The van der Waals surface area contributed by atoms with Crippen LogP contribution in [0.5, 0.6) is 0 Å². The van der Waals surface area contributed by atoms with Crippen molar-refractivity contribution < 1.29 is 22.9 Å². The molecular weight excluding hydrogens is 281 g/mol. The molecule has 1 amide bonds. The lowest BCUT2D eigenvalue weighted by Crippen LogP contribution is -2.25.